The van der Waals surface area contributed by atoms with E-state index in [9.17, 15) is 9.18 Å². The van der Waals surface area contributed by atoms with Gasteiger partial charge in [-0.05, 0) is 85.7 Å². The molecule has 0 aromatic heterocycles. The molecule has 1 aliphatic heterocycles. The SMILES string of the molecule is COc1cc(C)c([C@@H](C)NC(=O)[C@@H]2CCCN(Cc3ccc(F)cc3)C2)cc1C(C)C. The molecule has 168 valence electrons. The number of nitrogens with zero attached hydrogens (tertiary/aromatic N) is 1. The van der Waals surface area contributed by atoms with Crippen molar-refractivity contribution < 1.29 is 13.9 Å². The first-order valence-electron chi connectivity index (χ1n) is 11.2. The van der Waals surface area contributed by atoms with Gasteiger partial charge in [-0.2, -0.15) is 0 Å². The highest BCUT2D eigenvalue weighted by Crippen LogP contribution is 2.32. The predicted molar refractivity (Wildman–Crippen MR) is 123 cm³/mol. The molecule has 4 nitrogen and oxygen atoms in total. The average molecular weight is 427 g/mol. The maximum absolute atomic E-state index is 13.2. The van der Waals surface area contributed by atoms with E-state index in [1.54, 1.807) is 7.11 Å². The van der Waals surface area contributed by atoms with Gasteiger partial charge in [0.2, 0.25) is 5.91 Å². The molecule has 1 saturated heterocycles. The van der Waals surface area contributed by atoms with Gasteiger partial charge in [0.05, 0.1) is 19.1 Å². The number of aryl methyl sites for hydroxylation is 1. The Morgan fingerprint density at radius 1 is 1.19 bits per heavy atom. The second kappa shape index (κ2) is 10.3. The van der Waals surface area contributed by atoms with Crippen LogP contribution in [0.5, 0.6) is 5.75 Å². The summed E-state index contributed by atoms with van der Waals surface area (Å²) in [4.78, 5) is 15.4. The summed E-state index contributed by atoms with van der Waals surface area (Å²) < 4.78 is 18.7. The van der Waals surface area contributed by atoms with Crippen LogP contribution in [0.3, 0.4) is 0 Å². The summed E-state index contributed by atoms with van der Waals surface area (Å²) in [5.74, 6) is 1.11. The third kappa shape index (κ3) is 5.85. The van der Waals surface area contributed by atoms with Crippen LogP contribution in [-0.4, -0.2) is 31.0 Å². The molecule has 1 heterocycles. The van der Waals surface area contributed by atoms with Crippen LogP contribution in [0.25, 0.3) is 0 Å². The Labute approximate surface area is 185 Å². The molecule has 0 unspecified atom stereocenters. The summed E-state index contributed by atoms with van der Waals surface area (Å²) in [7, 11) is 1.70. The summed E-state index contributed by atoms with van der Waals surface area (Å²) in [6, 6.07) is 10.8. The number of piperidine rings is 1. The van der Waals surface area contributed by atoms with Crippen molar-refractivity contribution in [2.45, 2.75) is 59.0 Å². The fourth-order valence-corrected chi connectivity index (χ4v) is 4.48. The van der Waals surface area contributed by atoms with Crippen LogP contribution in [0.1, 0.15) is 67.8 Å². The van der Waals surface area contributed by atoms with Crippen molar-refractivity contribution in [3.8, 4) is 5.75 Å². The van der Waals surface area contributed by atoms with Crippen molar-refractivity contribution in [1.82, 2.24) is 10.2 Å². The van der Waals surface area contributed by atoms with Crippen LogP contribution >= 0.6 is 0 Å². The molecule has 0 bridgehead atoms. The van der Waals surface area contributed by atoms with Crippen LogP contribution in [0.4, 0.5) is 4.39 Å². The maximum atomic E-state index is 13.2. The van der Waals surface area contributed by atoms with Crippen LogP contribution in [-0.2, 0) is 11.3 Å². The van der Waals surface area contributed by atoms with Crippen molar-refractivity contribution in [2.75, 3.05) is 20.2 Å². The Morgan fingerprint density at radius 2 is 1.90 bits per heavy atom. The number of carbonyl (C=O) groups excluding carboxylic acids is 1. The van der Waals surface area contributed by atoms with Crippen molar-refractivity contribution in [1.29, 1.82) is 0 Å². The Bertz CT molecular complexity index is 895. The quantitative estimate of drug-likeness (QED) is 0.648. The zero-order valence-electron chi connectivity index (χ0n) is 19.4. The standard InChI is InChI=1S/C26H35FN2O2/c1-17(2)23-14-24(18(3)13-25(23)31-5)19(4)28-26(30)21-7-6-12-29(16-21)15-20-8-10-22(27)11-9-20/h8-11,13-14,17,19,21H,6-7,12,15-16H2,1-5H3,(H,28,30)/t19-,21-/m1/s1. The lowest BCUT2D eigenvalue weighted by Crippen LogP contribution is -2.43. The smallest absolute Gasteiger partial charge is 0.224 e. The Balaban J connectivity index is 1.65. The first kappa shape index (κ1) is 23.3. The molecule has 1 N–H and O–H groups in total. The molecule has 0 aliphatic carbocycles. The van der Waals surface area contributed by atoms with Gasteiger partial charge in [-0.1, -0.05) is 26.0 Å². The van der Waals surface area contributed by atoms with E-state index in [-0.39, 0.29) is 23.7 Å². The van der Waals surface area contributed by atoms with E-state index in [1.807, 2.05) is 12.1 Å². The van der Waals surface area contributed by atoms with Crippen LogP contribution < -0.4 is 10.1 Å². The molecule has 2 atom stereocenters. The van der Waals surface area contributed by atoms with E-state index in [4.69, 9.17) is 4.74 Å². The first-order valence-corrected chi connectivity index (χ1v) is 11.2. The Kier molecular flexibility index (Phi) is 7.71. The third-order valence-electron chi connectivity index (χ3n) is 6.26. The third-order valence-corrected chi connectivity index (χ3v) is 6.26. The van der Waals surface area contributed by atoms with Gasteiger partial charge in [0.25, 0.3) is 0 Å². The fourth-order valence-electron chi connectivity index (χ4n) is 4.48. The zero-order valence-corrected chi connectivity index (χ0v) is 19.4. The second-order valence-corrected chi connectivity index (χ2v) is 9.04. The van der Waals surface area contributed by atoms with E-state index in [1.165, 1.54) is 12.1 Å². The molecule has 3 rings (SSSR count). The number of nitrogens with one attached hydrogen (secondary N) is 1. The predicted octanol–water partition coefficient (Wildman–Crippen LogP) is 5.36. The normalized spacial score (nSPS) is 18.1. The van der Waals surface area contributed by atoms with E-state index in [0.717, 1.165) is 60.5 Å². The Morgan fingerprint density at radius 3 is 2.55 bits per heavy atom. The summed E-state index contributed by atoms with van der Waals surface area (Å²) >= 11 is 0. The summed E-state index contributed by atoms with van der Waals surface area (Å²) in [5, 5.41) is 3.25. The molecular weight excluding hydrogens is 391 g/mol. The summed E-state index contributed by atoms with van der Waals surface area (Å²) in [6.07, 6.45) is 1.89. The van der Waals surface area contributed by atoms with Crippen LogP contribution in [0, 0.1) is 18.7 Å². The highest BCUT2D eigenvalue weighted by Gasteiger charge is 2.27. The number of methoxy groups -OCH3 is 1. The second-order valence-electron chi connectivity index (χ2n) is 9.04. The summed E-state index contributed by atoms with van der Waals surface area (Å²) in [5.41, 5.74) is 4.49. The molecule has 5 heteroatoms. The molecule has 31 heavy (non-hydrogen) atoms. The molecular formula is C26H35FN2O2. The van der Waals surface area contributed by atoms with Crippen molar-refractivity contribution in [3.63, 3.8) is 0 Å². The average Bonchev–Trinajstić information content (AvgIpc) is 2.75. The van der Waals surface area contributed by atoms with Gasteiger partial charge < -0.3 is 10.1 Å². The molecule has 2 aromatic carbocycles. The van der Waals surface area contributed by atoms with Gasteiger partial charge in [0, 0.05) is 13.1 Å². The lowest BCUT2D eigenvalue weighted by Gasteiger charge is -2.33. The lowest BCUT2D eigenvalue weighted by atomic mass is 9.92. The van der Waals surface area contributed by atoms with Crippen LogP contribution in [0.2, 0.25) is 0 Å². The van der Waals surface area contributed by atoms with E-state index in [2.05, 4.69) is 50.0 Å². The maximum Gasteiger partial charge on any atom is 0.224 e. The minimum atomic E-state index is -0.219. The highest BCUT2D eigenvalue weighted by atomic mass is 19.1. The largest absolute Gasteiger partial charge is 0.496 e. The van der Waals surface area contributed by atoms with Crippen molar-refractivity contribution >= 4 is 5.91 Å². The van der Waals surface area contributed by atoms with Gasteiger partial charge in [-0.3, -0.25) is 9.69 Å². The van der Waals surface area contributed by atoms with E-state index < -0.39 is 0 Å². The molecule has 0 saturated carbocycles. The van der Waals surface area contributed by atoms with Crippen molar-refractivity contribution in [2.24, 2.45) is 5.92 Å². The number of rotatable bonds is 7. The molecule has 1 aliphatic rings. The van der Waals surface area contributed by atoms with Crippen molar-refractivity contribution in [3.05, 3.63) is 64.5 Å². The minimum Gasteiger partial charge on any atom is -0.496 e. The minimum absolute atomic E-state index is 0.0280. The van der Waals surface area contributed by atoms with Gasteiger partial charge in [0.1, 0.15) is 11.6 Å². The van der Waals surface area contributed by atoms with Gasteiger partial charge in [-0.15, -0.1) is 0 Å². The lowest BCUT2D eigenvalue weighted by molar-refractivity contribution is -0.127. The number of halogens is 1. The Hall–Kier alpha value is -2.40. The number of ether oxygens (including phenoxy) is 1. The van der Waals surface area contributed by atoms with E-state index in [0.29, 0.717) is 5.92 Å². The molecule has 0 radical (unpaired) electrons. The molecule has 2 aromatic rings. The zero-order chi connectivity index (χ0) is 22.5. The van der Waals surface area contributed by atoms with Crippen LogP contribution in [0.15, 0.2) is 36.4 Å². The van der Waals surface area contributed by atoms with E-state index >= 15 is 0 Å². The van der Waals surface area contributed by atoms with Gasteiger partial charge in [-0.25, -0.2) is 4.39 Å². The number of benzene rings is 2. The summed E-state index contributed by atoms with van der Waals surface area (Å²) in [6.45, 7) is 10.9. The number of amides is 1. The fraction of sp³-hybridized carbons (Fsp3) is 0.500. The number of hydrogen-bond acceptors (Lipinski definition) is 3. The topological polar surface area (TPSA) is 41.6 Å². The monoisotopic (exact) mass is 426 g/mol. The molecule has 1 amide bonds. The molecule has 0 spiro atoms. The van der Waals surface area contributed by atoms with Gasteiger partial charge in [0.15, 0.2) is 0 Å². The molecule has 1 fully saturated rings. The van der Waals surface area contributed by atoms with Gasteiger partial charge >= 0.3 is 0 Å². The number of hydrogen-bond donors (Lipinski definition) is 1. The highest BCUT2D eigenvalue weighted by molar-refractivity contribution is 5.79. The first-order chi connectivity index (χ1) is 14.8. The number of carbonyl (C=O) groups is 1. The number of likely N-dealkylation sites (tertiary alicyclic amines) is 1.